The summed E-state index contributed by atoms with van der Waals surface area (Å²) in [7, 11) is 0. The first-order valence-electron chi connectivity index (χ1n) is 5.61. The van der Waals surface area contributed by atoms with Gasteiger partial charge in [0, 0.05) is 5.75 Å². The van der Waals surface area contributed by atoms with Gasteiger partial charge in [-0.2, -0.15) is 4.99 Å². The fourth-order valence-electron chi connectivity index (χ4n) is 1.69. The molecule has 88 valence electrons. The van der Waals surface area contributed by atoms with Crippen LogP contribution in [0.4, 0.5) is 4.39 Å². The van der Waals surface area contributed by atoms with Gasteiger partial charge in [-0.15, -0.1) is 0 Å². The number of carbonyl (C=O) groups is 1. The number of hydrogen-bond acceptors (Lipinski definition) is 3. The van der Waals surface area contributed by atoms with Crippen molar-refractivity contribution in [1.29, 1.82) is 0 Å². The Morgan fingerprint density at radius 3 is 3.00 bits per heavy atom. The lowest BCUT2D eigenvalue weighted by molar-refractivity contribution is -0.113. The number of halogens is 1. The van der Waals surface area contributed by atoms with E-state index in [4.69, 9.17) is 0 Å². The highest BCUT2D eigenvalue weighted by molar-refractivity contribution is 8.13. The fourth-order valence-corrected chi connectivity index (χ4v) is 2.72. The van der Waals surface area contributed by atoms with Crippen molar-refractivity contribution >= 4 is 28.5 Å². The molecule has 1 atom stereocenters. The zero-order valence-electron chi connectivity index (χ0n) is 9.10. The van der Waals surface area contributed by atoms with Gasteiger partial charge in [0.25, 0.3) is 5.91 Å². The van der Waals surface area contributed by atoms with Crippen LogP contribution in [0.15, 0.2) is 33.8 Å². The lowest BCUT2D eigenvalue weighted by Gasteiger charge is -2.17. The van der Waals surface area contributed by atoms with Crippen molar-refractivity contribution in [3.05, 3.63) is 23.8 Å². The molecule has 5 heteroatoms. The van der Waals surface area contributed by atoms with E-state index in [1.165, 1.54) is 36.8 Å². The number of nitrogens with zero attached hydrogens (tertiary/aromatic N) is 2. The van der Waals surface area contributed by atoms with Gasteiger partial charge in [0.15, 0.2) is 11.3 Å². The van der Waals surface area contributed by atoms with Crippen molar-refractivity contribution in [3.8, 4) is 0 Å². The van der Waals surface area contributed by atoms with Crippen molar-refractivity contribution < 1.29 is 9.18 Å². The van der Waals surface area contributed by atoms with E-state index in [1.807, 2.05) is 0 Å². The van der Waals surface area contributed by atoms with Crippen LogP contribution in [0.5, 0.6) is 0 Å². The van der Waals surface area contributed by atoms with Gasteiger partial charge in [-0.3, -0.25) is 4.79 Å². The van der Waals surface area contributed by atoms with Gasteiger partial charge in [-0.05, 0) is 30.9 Å². The molecule has 1 unspecified atom stereocenters. The maximum Gasteiger partial charge on any atom is 0.281 e. The summed E-state index contributed by atoms with van der Waals surface area (Å²) < 4.78 is 13.6. The van der Waals surface area contributed by atoms with Crippen LogP contribution in [0.2, 0.25) is 0 Å². The molecule has 3 rings (SSSR count). The van der Waals surface area contributed by atoms with E-state index in [0.717, 1.165) is 11.7 Å². The molecule has 1 fully saturated rings. The minimum Gasteiger partial charge on any atom is -0.267 e. The minimum absolute atomic E-state index is 0.214. The second-order valence-electron chi connectivity index (χ2n) is 4.32. The molecule has 1 heterocycles. The SMILES string of the molecule is O=C1N=C(SCC2CC2)N=C2C1=CC=CC2F. The van der Waals surface area contributed by atoms with Gasteiger partial charge in [0.1, 0.15) is 0 Å². The summed E-state index contributed by atoms with van der Waals surface area (Å²) in [5.74, 6) is 1.28. The molecule has 2 aliphatic carbocycles. The molecule has 0 bridgehead atoms. The van der Waals surface area contributed by atoms with Crippen LogP contribution in [-0.4, -0.2) is 28.7 Å². The van der Waals surface area contributed by atoms with Gasteiger partial charge in [0.2, 0.25) is 0 Å². The van der Waals surface area contributed by atoms with E-state index in [2.05, 4.69) is 9.98 Å². The van der Waals surface area contributed by atoms with Crippen LogP contribution in [-0.2, 0) is 4.79 Å². The number of allylic oxidation sites excluding steroid dienone is 3. The fraction of sp³-hybridized carbons (Fsp3) is 0.417. The number of fused-ring (bicyclic) bond motifs is 1. The van der Waals surface area contributed by atoms with Gasteiger partial charge >= 0.3 is 0 Å². The van der Waals surface area contributed by atoms with Gasteiger partial charge in [0.05, 0.1) is 11.3 Å². The average Bonchev–Trinajstić information content (AvgIpc) is 3.12. The smallest absolute Gasteiger partial charge is 0.267 e. The number of alkyl halides is 1. The first-order valence-corrected chi connectivity index (χ1v) is 6.60. The van der Waals surface area contributed by atoms with E-state index in [1.54, 1.807) is 6.08 Å². The molecule has 0 radical (unpaired) electrons. The van der Waals surface area contributed by atoms with Crippen LogP contribution in [0.25, 0.3) is 0 Å². The molecule has 0 aromatic carbocycles. The lowest BCUT2D eigenvalue weighted by Crippen LogP contribution is -2.27. The molecule has 0 spiro atoms. The summed E-state index contributed by atoms with van der Waals surface area (Å²) in [6.07, 6.45) is 5.70. The zero-order valence-corrected chi connectivity index (χ0v) is 9.91. The molecule has 0 aromatic rings. The normalized spacial score (nSPS) is 27.2. The number of carbonyl (C=O) groups excluding carboxylic acids is 1. The molecule has 1 saturated carbocycles. The van der Waals surface area contributed by atoms with E-state index < -0.39 is 6.17 Å². The predicted octanol–water partition coefficient (Wildman–Crippen LogP) is 2.30. The molecule has 17 heavy (non-hydrogen) atoms. The Morgan fingerprint density at radius 2 is 2.24 bits per heavy atom. The van der Waals surface area contributed by atoms with Crippen molar-refractivity contribution in [2.75, 3.05) is 5.75 Å². The first kappa shape index (κ1) is 10.9. The van der Waals surface area contributed by atoms with Crippen molar-refractivity contribution in [3.63, 3.8) is 0 Å². The number of thioether (sulfide) groups is 1. The van der Waals surface area contributed by atoms with Crippen LogP contribution in [0, 0.1) is 5.92 Å². The molecule has 3 aliphatic rings. The van der Waals surface area contributed by atoms with Crippen LogP contribution >= 0.6 is 11.8 Å². The molecule has 0 saturated heterocycles. The quantitative estimate of drug-likeness (QED) is 0.754. The zero-order chi connectivity index (χ0) is 11.8. The number of rotatable bonds is 2. The Morgan fingerprint density at radius 1 is 1.41 bits per heavy atom. The molecule has 0 N–H and O–H groups in total. The molecule has 1 amide bonds. The molecule has 1 aliphatic heterocycles. The van der Waals surface area contributed by atoms with E-state index in [0.29, 0.717) is 5.17 Å². The third kappa shape index (κ3) is 2.24. The topological polar surface area (TPSA) is 41.8 Å². The number of aliphatic imine (C=N–C) groups is 2. The van der Waals surface area contributed by atoms with Crippen molar-refractivity contribution in [1.82, 2.24) is 0 Å². The summed E-state index contributed by atoms with van der Waals surface area (Å²) in [6.45, 7) is 0. The lowest BCUT2D eigenvalue weighted by atomic mass is 10.00. The first-order chi connectivity index (χ1) is 8.24. The van der Waals surface area contributed by atoms with E-state index >= 15 is 0 Å². The summed E-state index contributed by atoms with van der Waals surface area (Å²) in [4.78, 5) is 19.7. The highest BCUT2D eigenvalue weighted by Crippen LogP contribution is 2.33. The van der Waals surface area contributed by atoms with Crippen molar-refractivity contribution in [2.24, 2.45) is 15.9 Å². The number of hydrogen-bond donors (Lipinski definition) is 0. The third-order valence-corrected chi connectivity index (χ3v) is 3.95. The highest BCUT2D eigenvalue weighted by atomic mass is 32.2. The Labute approximate surface area is 103 Å². The van der Waals surface area contributed by atoms with Crippen LogP contribution in [0.1, 0.15) is 12.8 Å². The molecule has 0 aromatic heterocycles. The maximum atomic E-state index is 13.6. The third-order valence-electron chi connectivity index (χ3n) is 2.87. The van der Waals surface area contributed by atoms with Crippen LogP contribution < -0.4 is 0 Å². The summed E-state index contributed by atoms with van der Waals surface area (Å²) in [6, 6.07) is 0. The maximum absolute atomic E-state index is 13.6. The summed E-state index contributed by atoms with van der Waals surface area (Å²) in [5, 5.41) is 0.409. The Balaban J connectivity index is 1.80. The molecule has 3 nitrogen and oxygen atoms in total. The Bertz CT molecular complexity index is 489. The van der Waals surface area contributed by atoms with Crippen LogP contribution in [0.3, 0.4) is 0 Å². The second-order valence-corrected chi connectivity index (χ2v) is 5.31. The Kier molecular flexibility index (Phi) is 2.70. The number of amidine groups is 1. The standard InChI is InChI=1S/C12H11FN2OS/c13-9-3-1-2-8-10(9)14-12(15-11(8)16)17-6-7-4-5-7/h1-3,7,9H,4-6H2. The van der Waals surface area contributed by atoms with Gasteiger partial charge < -0.3 is 0 Å². The molecular formula is C12H11FN2OS. The summed E-state index contributed by atoms with van der Waals surface area (Å²) >= 11 is 1.45. The number of amides is 1. The average molecular weight is 250 g/mol. The molecular weight excluding hydrogens is 239 g/mol. The van der Waals surface area contributed by atoms with E-state index in [-0.39, 0.29) is 17.2 Å². The van der Waals surface area contributed by atoms with Gasteiger partial charge in [-0.1, -0.05) is 17.8 Å². The largest absolute Gasteiger partial charge is 0.281 e. The second kappa shape index (κ2) is 4.22. The summed E-state index contributed by atoms with van der Waals surface area (Å²) in [5.41, 5.74) is 0.501. The monoisotopic (exact) mass is 250 g/mol. The Hall–Kier alpha value is -1.23. The van der Waals surface area contributed by atoms with Gasteiger partial charge in [-0.25, -0.2) is 9.38 Å². The highest BCUT2D eigenvalue weighted by Gasteiger charge is 2.29. The van der Waals surface area contributed by atoms with Crippen molar-refractivity contribution in [2.45, 2.75) is 19.0 Å². The predicted molar refractivity (Wildman–Crippen MR) is 67.2 cm³/mol. The minimum atomic E-state index is -1.29. The van der Waals surface area contributed by atoms with E-state index in [9.17, 15) is 9.18 Å².